The number of nitrogens with zero attached hydrogens (tertiary/aromatic N) is 1. The highest BCUT2D eigenvalue weighted by Crippen LogP contribution is 2.52. The molecule has 13 heteroatoms. The predicted molar refractivity (Wildman–Crippen MR) is 88.8 cm³/mol. The number of carbonyl (C=O) groups is 2. The quantitative estimate of drug-likeness (QED) is 0.458. The van der Waals surface area contributed by atoms with Crippen LogP contribution in [0.25, 0.3) is 0 Å². The summed E-state index contributed by atoms with van der Waals surface area (Å²) in [5, 5.41) is 20.8. The number of hydrogen-bond acceptors (Lipinski definition) is 6. The Morgan fingerprint density at radius 1 is 1.17 bits per heavy atom. The molecule has 7 nitrogen and oxygen atoms in total. The molecule has 0 saturated carbocycles. The molecular formula is C17H16F6N2O5. The van der Waals surface area contributed by atoms with Gasteiger partial charge in [0.1, 0.15) is 5.70 Å². The molecule has 0 atom stereocenters. The molecule has 0 fully saturated rings. The number of esters is 1. The van der Waals surface area contributed by atoms with Crippen LogP contribution in [-0.2, 0) is 19.9 Å². The lowest BCUT2D eigenvalue weighted by Gasteiger charge is -2.34. The third kappa shape index (κ3) is 3.94. The van der Waals surface area contributed by atoms with Gasteiger partial charge >= 0.3 is 18.3 Å². The van der Waals surface area contributed by atoms with E-state index >= 15 is 0 Å². The van der Waals surface area contributed by atoms with E-state index in [4.69, 9.17) is 5.11 Å². The zero-order valence-corrected chi connectivity index (χ0v) is 15.3. The fraction of sp³-hybridized carbons (Fsp3) is 0.412. The van der Waals surface area contributed by atoms with Crippen molar-refractivity contribution >= 4 is 17.6 Å². The molecule has 0 bridgehead atoms. The Hall–Kier alpha value is -2.80. The van der Waals surface area contributed by atoms with Gasteiger partial charge in [0, 0.05) is 17.8 Å². The molecule has 0 radical (unpaired) electrons. The van der Waals surface area contributed by atoms with Crippen molar-refractivity contribution in [3.63, 3.8) is 0 Å². The number of halogens is 6. The minimum atomic E-state index is -6.15. The van der Waals surface area contributed by atoms with Crippen molar-refractivity contribution in [1.29, 1.82) is 0 Å². The molecule has 0 spiro atoms. The highest BCUT2D eigenvalue weighted by atomic mass is 19.4. The number of alkyl halides is 6. The zero-order valence-electron chi connectivity index (χ0n) is 15.3. The monoisotopic (exact) mass is 442 g/mol. The number of ether oxygens (including phenoxy) is 1. The number of para-hydroxylation sites is 1. The first-order chi connectivity index (χ1) is 13.8. The normalized spacial score (nSPS) is 15.6. The van der Waals surface area contributed by atoms with Crippen LogP contribution in [0.4, 0.5) is 32.0 Å². The molecule has 1 aliphatic heterocycles. The Balaban J connectivity index is 2.62. The van der Waals surface area contributed by atoms with Crippen LogP contribution in [0.1, 0.15) is 5.56 Å². The van der Waals surface area contributed by atoms with E-state index in [0.29, 0.717) is 6.07 Å². The molecule has 1 aromatic carbocycles. The van der Waals surface area contributed by atoms with Crippen LogP contribution in [0.2, 0.25) is 0 Å². The fourth-order valence-electron chi connectivity index (χ4n) is 2.86. The molecule has 0 aliphatic carbocycles. The summed E-state index contributed by atoms with van der Waals surface area (Å²) < 4.78 is 84.2. The molecule has 1 aliphatic rings. The van der Waals surface area contributed by atoms with Gasteiger partial charge in [-0.3, -0.25) is 4.79 Å². The van der Waals surface area contributed by atoms with Crippen LogP contribution in [0.3, 0.4) is 0 Å². The second-order valence-corrected chi connectivity index (χ2v) is 6.17. The van der Waals surface area contributed by atoms with E-state index in [1.807, 2.05) is 0 Å². The maximum absolute atomic E-state index is 13.3. The summed E-state index contributed by atoms with van der Waals surface area (Å²) in [5.74, 6) is -2.01. The number of carbonyl (C=O) groups excluding carboxylic acids is 2. The standard InChI is InChI=1S/C17H16F6N2O5/c1-30-14(28)9-8-25(6-7-26)13(27)12(9)24-11-5-3-2-4-10(11)15(29,16(18,19)20)17(21,22)23/h2-5,24,26,29H,6-8H2,1H3. The van der Waals surface area contributed by atoms with E-state index < -0.39 is 53.4 Å². The van der Waals surface area contributed by atoms with Crippen molar-refractivity contribution in [3.8, 4) is 0 Å². The van der Waals surface area contributed by atoms with Crippen LogP contribution >= 0.6 is 0 Å². The van der Waals surface area contributed by atoms with E-state index in [0.717, 1.165) is 30.2 Å². The molecule has 3 N–H and O–H groups in total. The van der Waals surface area contributed by atoms with Gasteiger partial charge < -0.3 is 25.2 Å². The van der Waals surface area contributed by atoms with Crippen molar-refractivity contribution in [2.24, 2.45) is 0 Å². The number of hydrogen-bond donors (Lipinski definition) is 3. The highest BCUT2D eigenvalue weighted by molar-refractivity contribution is 6.08. The molecule has 0 aromatic heterocycles. The summed E-state index contributed by atoms with van der Waals surface area (Å²) in [6.45, 7) is -1.15. The van der Waals surface area contributed by atoms with Gasteiger partial charge in [0.2, 0.25) is 0 Å². The number of aliphatic hydroxyl groups is 2. The number of nitrogens with one attached hydrogen (secondary N) is 1. The second kappa shape index (κ2) is 8.14. The van der Waals surface area contributed by atoms with E-state index in [1.54, 1.807) is 0 Å². The summed E-state index contributed by atoms with van der Waals surface area (Å²) in [5.41, 5.74) is -8.76. The van der Waals surface area contributed by atoms with Crippen molar-refractivity contribution in [2.75, 3.05) is 32.1 Å². The number of benzene rings is 1. The van der Waals surface area contributed by atoms with Gasteiger partial charge in [-0.25, -0.2) is 4.79 Å². The molecule has 1 amide bonds. The van der Waals surface area contributed by atoms with Crippen LogP contribution < -0.4 is 5.32 Å². The minimum absolute atomic E-state index is 0.249. The van der Waals surface area contributed by atoms with Gasteiger partial charge in [0.25, 0.3) is 11.5 Å². The molecule has 1 heterocycles. The first kappa shape index (κ1) is 23.5. The van der Waals surface area contributed by atoms with Crippen molar-refractivity contribution < 1.29 is 50.9 Å². The minimum Gasteiger partial charge on any atom is -0.466 e. The largest absolute Gasteiger partial charge is 0.466 e. The summed E-state index contributed by atoms with van der Waals surface area (Å²) >= 11 is 0. The average Bonchev–Trinajstić information content (AvgIpc) is 2.95. The smallest absolute Gasteiger partial charge is 0.430 e. The number of aliphatic hydroxyl groups excluding tert-OH is 1. The van der Waals surface area contributed by atoms with Crippen molar-refractivity contribution in [2.45, 2.75) is 18.0 Å². The Morgan fingerprint density at radius 3 is 2.23 bits per heavy atom. The molecule has 0 saturated heterocycles. The van der Waals surface area contributed by atoms with Crippen molar-refractivity contribution in [3.05, 3.63) is 41.1 Å². The fourth-order valence-corrected chi connectivity index (χ4v) is 2.86. The summed E-state index contributed by atoms with van der Waals surface area (Å²) in [6, 6.07) is 3.09. The van der Waals surface area contributed by atoms with Gasteiger partial charge in [0.15, 0.2) is 0 Å². The van der Waals surface area contributed by atoms with Crippen LogP contribution in [-0.4, -0.2) is 66.1 Å². The predicted octanol–water partition coefficient (Wildman–Crippen LogP) is 1.67. The van der Waals surface area contributed by atoms with Crippen LogP contribution in [0, 0.1) is 0 Å². The third-order valence-corrected chi connectivity index (χ3v) is 4.35. The van der Waals surface area contributed by atoms with Gasteiger partial charge in [-0.2, -0.15) is 26.3 Å². The average molecular weight is 442 g/mol. The van der Waals surface area contributed by atoms with Crippen LogP contribution in [0.15, 0.2) is 35.5 Å². The maximum atomic E-state index is 13.3. The van der Waals surface area contributed by atoms with E-state index in [1.165, 1.54) is 0 Å². The SMILES string of the molecule is COC(=O)C1=C(Nc2ccccc2C(O)(C(F)(F)F)C(F)(F)F)C(=O)N(CCO)C1. The Kier molecular flexibility index (Phi) is 6.37. The van der Waals surface area contributed by atoms with Gasteiger partial charge in [0.05, 0.1) is 25.8 Å². The van der Waals surface area contributed by atoms with Gasteiger partial charge in [-0.05, 0) is 6.07 Å². The second-order valence-electron chi connectivity index (χ2n) is 6.17. The number of methoxy groups -OCH3 is 1. The molecule has 30 heavy (non-hydrogen) atoms. The lowest BCUT2D eigenvalue weighted by molar-refractivity contribution is -0.376. The van der Waals surface area contributed by atoms with Gasteiger partial charge in [-0.15, -0.1) is 0 Å². The highest BCUT2D eigenvalue weighted by Gasteiger charge is 2.72. The van der Waals surface area contributed by atoms with E-state index in [9.17, 15) is 41.0 Å². The summed E-state index contributed by atoms with van der Waals surface area (Å²) in [4.78, 5) is 25.3. The first-order valence-corrected chi connectivity index (χ1v) is 8.23. The number of rotatable bonds is 6. The summed E-state index contributed by atoms with van der Waals surface area (Å²) in [6.07, 6.45) is -12.3. The van der Waals surface area contributed by atoms with E-state index in [2.05, 4.69) is 10.1 Å². The molecule has 1 aromatic rings. The van der Waals surface area contributed by atoms with Gasteiger partial charge in [-0.1, -0.05) is 18.2 Å². The van der Waals surface area contributed by atoms with E-state index in [-0.39, 0.29) is 18.7 Å². The number of anilines is 1. The Bertz CT molecular complexity index is 851. The third-order valence-electron chi connectivity index (χ3n) is 4.35. The Labute approximate surface area is 165 Å². The van der Waals surface area contributed by atoms with Crippen molar-refractivity contribution in [1.82, 2.24) is 4.90 Å². The molecule has 0 unspecified atom stereocenters. The number of β-amino-alcohol motifs (C(OH)–C–C–N with tert-alkyl or cyclic N) is 1. The molecule has 166 valence electrons. The maximum Gasteiger partial charge on any atom is 0.430 e. The molecule has 2 rings (SSSR count). The topological polar surface area (TPSA) is 99.1 Å². The first-order valence-electron chi connectivity index (χ1n) is 8.23. The number of amides is 1. The van der Waals surface area contributed by atoms with Crippen LogP contribution in [0.5, 0.6) is 0 Å². The lowest BCUT2D eigenvalue weighted by atomic mass is 9.90. The lowest BCUT2D eigenvalue weighted by Crippen LogP contribution is -2.54. The molecular weight excluding hydrogens is 426 g/mol. The summed E-state index contributed by atoms with van der Waals surface area (Å²) in [7, 11) is 0.964. The Morgan fingerprint density at radius 2 is 1.73 bits per heavy atom. The zero-order chi connectivity index (χ0) is 22.9.